The van der Waals surface area contributed by atoms with Crippen molar-refractivity contribution < 1.29 is 19.1 Å². The van der Waals surface area contributed by atoms with E-state index < -0.39 is 18.1 Å². The first-order valence-electron chi connectivity index (χ1n) is 10.4. The highest BCUT2D eigenvalue weighted by Gasteiger charge is 2.41. The Balaban J connectivity index is 1.58. The lowest BCUT2D eigenvalue weighted by atomic mass is 9.90. The van der Waals surface area contributed by atoms with Crippen LogP contribution in [0.5, 0.6) is 0 Å². The van der Waals surface area contributed by atoms with E-state index in [1.165, 1.54) is 7.11 Å². The van der Waals surface area contributed by atoms with Crippen molar-refractivity contribution in [2.75, 3.05) is 7.11 Å². The van der Waals surface area contributed by atoms with Crippen molar-refractivity contribution in [2.24, 2.45) is 0 Å². The van der Waals surface area contributed by atoms with Crippen LogP contribution in [0.25, 0.3) is 10.8 Å². The zero-order valence-electron chi connectivity index (χ0n) is 17.0. The summed E-state index contributed by atoms with van der Waals surface area (Å²) in [5.41, 5.74) is 0.507. The average molecular weight is 406 g/mol. The number of nitrogens with zero attached hydrogens (tertiary/aromatic N) is 1. The summed E-state index contributed by atoms with van der Waals surface area (Å²) in [6.07, 6.45) is 7.40. The van der Waals surface area contributed by atoms with Crippen molar-refractivity contribution in [3.63, 3.8) is 0 Å². The molecular weight excluding hydrogens is 380 g/mol. The maximum Gasteiger partial charge on any atom is 0.328 e. The molecule has 2 aromatic carbocycles. The molecule has 2 aliphatic heterocycles. The molecule has 156 valence electrons. The van der Waals surface area contributed by atoms with Crippen LogP contribution < -0.4 is 5.32 Å². The van der Waals surface area contributed by atoms with E-state index in [4.69, 9.17) is 4.74 Å². The maximum absolute atomic E-state index is 13.4. The molecule has 6 heteroatoms. The van der Waals surface area contributed by atoms with Crippen molar-refractivity contribution >= 4 is 28.6 Å². The van der Waals surface area contributed by atoms with Crippen molar-refractivity contribution in [3.05, 3.63) is 60.2 Å². The van der Waals surface area contributed by atoms with Gasteiger partial charge in [-0.05, 0) is 55.0 Å². The van der Waals surface area contributed by atoms with Gasteiger partial charge in [-0.3, -0.25) is 9.59 Å². The second-order valence-corrected chi connectivity index (χ2v) is 7.90. The third-order valence-electron chi connectivity index (χ3n) is 6.03. The normalized spacial score (nSPS) is 25.0. The monoisotopic (exact) mass is 406 g/mol. The first-order chi connectivity index (χ1) is 14.6. The van der Waals surface area contributed by atoms with Gasteiger partial charge in [-0.15, -0.1) is 0 Å². The van der Waals surface area contributed by atoms with E-state index in [1.54, 1.807) is 11.0 Å². The second-order valence-electron chi connectivity index (χ2n) is 7.90. The number of hydrogen-bond donors (Lipinski definition) is 1. The summed E-state index contributed by atoms with van der Waals surface area (Å²) in [6, 6.07) is 12.0. The Hall–Kier alpha value is -3.15. The SMILES string of the molecule is COC(=O)[C@@H]1CCC[C@@H]2C/C=C\C[C@H](NC(=O)c3ccc4ccccc4c3)C(=O)N21. The fourth-order valence-electron chi connectivity index (χ4n) is 4.47. The number of carbonyl (C=O) groups excluding carboxylic acids is 3. The number of carbonyl (C=O) groups is 3. The van der Waals surface area contributed by atoms with Crippen LogP contribution in [0.2, 0.25) is 0 Å². The Bertz CT molecular complexity index is 1000. The molecule has 0 aliphatic carbocycles. The van der Waals surface area contributed by atoms with Crippen LogP contribution in [0.1, 0.15) is 42.5 Å². The van der Waals surface area contributed by atoms with Crippen LogP contribution in [0.3, 0.4) is 0 Å². The lowest BCUT2D eigenvalue weighted by Gasteiger charge is -2.42. The van der Waals surface area contributed by atoms with Crippen LogP contribution in [-0.4, -0.2) is 47.9 Å². The number of amides is 2. The Kier molecular flexibility index (Phi) is 5.84. The van der Waals surface area contributed by atoms with Crippen molar-refractivity contribution in [3.8, 4) is 0 Å². The van der Waals surface area contributed by atoms with Gasteiger partial charge in [-0.2, -0.15) is 0 Å². The smallest absolute Gasteiger partial charge is 0.328 e. The highest BCUT2D eigenvalue weighted by atomic mass is 16.5. The molecule has 0 radical (unpaired) electrons. The number of benzene rings is 2. The van der Waals surface area contributed by atoms with Gasteiger partial charge in [-0.1, -0.05) is 42.5 Å². The zero-order valence-corrected chi connectivity index (χ0v) is 17.0. The summed E-state index contributed by atoms with van der Waals surface area (Å²) in [5, 5.41) is 4.91. The Morgan fingerprint density at radius 3 is 2.60 bits per heavy atom. The molecule has 1 fully saturated rings. The summed E-state index contributed by atoms with van der Waals surface area (Å²) >= 11 is 0. The quantitative estimate of drug-likeness (QED) is 0.627. The number of ether oxygens (including phenoxy) is 1. The van der Waals surface area contributed by atoms with Crippen LogP contribution in [-0.2, 0) is 14.3 Å². The number of nitrogens with one attached hydrogen (secondary N) is 1. The van der Waals surface area contributed by atoms with Gasteiger partial charge in [0, 0.05) is 11.6 Å². The first kappa shape index (κ1) is 20.1. The van der Waals surface area contributed by atoms with Crippen molar-refractivity contribution in [1.82, 2.24) is 10.2 Å². The van der Waals surface area contributed by atoms with Gasteiger partial charge in [0.25, 0.3) is 5.91 Å². The van der Waals surface area contributed by atoms with Gasteiger partial charge in [0.15, 0.2) is 0 Å². The van der Waals surface area contributed by atoms with Gasteiger partial charge in [0.2, 0.25) is 5.91 Å². The highest BCUT2D eigenvalue weighted by Crippen LogP contribution is 2.29. The fourth-order valence-corrected chi connectivity index (χ4v) is 4.47. The summed E-state index contributed by atoms with van der Waals surface area (Å²) in [5.74, 6) is -0.901. The van der Waals surface area contributed by atoms with E-state index in [9.17, 15) is 14.4 Å². The molecule has 1 saturated heterocycles. The minimum atomic E-state index is -0.715. The molecule has 2 aliphatic rings. The summed E-state index contributed by atoms with van der Waals surface area (Å²) in [6.45, 7) is 0. The van der Waals surface area contributed by atoms with Crippen molar-refractivity contribution in [1.29, 1.82) is 0 Å². The van der Waals surface area contributed by atoms with Crippen LogP contribution in [0, 0.1) is 0 Å². The largest absolute Gasteiger partial charge is 0.467 e. The second kappa shape index (κ2) is 8.69. The molecular formula is C24H26N2O4. The molecule has 1 N–H and O–H groups in total. The third kappa shape index (κ3) is 3.95. The molecule has 2 aromatic rings. The Morgan fingerprint density at radius 2 is 1.80 bits per heavy atom. The lowest BCUT2D eigenvalue weighted by molar-refractivity contribution is -0.158. The van der Waals surface area contributed by atoms with Crippen molar-refractivity contribution in [2.45, 2.75) is 50.2 Å². The maximum atomic E-state index is 13.4. The van der Waals surface area contributed by atoms with Crippen LogP contribution in [0.4, 0.5) is 0 Å². The minimum Gasteiger partial charge on any atom is -0.467 e. The van der Waals surface area contributed by atoms with E-state index in [0.29, 0.717) is 24.8 Å². The molecule has 6 nitrogen and oxygen atoms in total. The number of methoxy groups -OCH3 is 1. The predicted molar refractivity (Wildman–Crippen MR) is 114 cm³/mol. The van der Waals surface area contributed by atoms with Gasteiger partial charge in [-0.25, -0.2) is 4.79 Å². The third-order valence-corrected chi connectivity index (χ3v) is 6.03. The first-order valence-corrected chi connectivity index (χ1v) is 10.4. The molecule has 0 unspecified atom stereocenters. The Morgan fingerprint density at radius 1 is 1.03 bits per heavy atom. The summed E-state index contributed by atoms with van der Waals surface area (Å²) in [4.78, 5) is 40.3. The average Bonchev–Trinajstić information content (AvgIpc) is 2.78. The molecule has 30 heavy (non-hydrogen) atoms. The predicted octanol–water partition coefficient (Wildman–Crippen LogP) is 3.21. The summed E-state index contributed by atoms with van der Waals surface area (Å²) < 4.78 is 4.95. The number of piperidine rings is 1. The van der Waals surface area contributed by atoms with Gasteiger partial charge < -0.3 is 15.0 Å². The van der Waals surface area contributed by atoms with Gasteiger partial charge in [0.1, 0.15) is 12.1 Å². The molecule has 0 aromatic heterocycles. The number of hydrogen-bond acceptors (Lipinski definition) is 4. The topological polar surface area (TPSA) is 75.7 Å². The number of rotatable bonds is 3. The Labute approximate surface area is 175 Å². The van der Waals surface area contributed by atoms with E-state index >= 15 is 0 Å². The molecule has 2 heterocycles. The molecule has 2 amide bonds. The fraction of sp³-hybridized carbons (Fsp3) is 0.375. The van der Waals surface area contributed by atoms with Gasteiger partial charge in [0.05, 0.1) is 7.11 Å². The van der Waals surface area contributed by atoms with E-state index in [0.717, 1.165) is 23.6 Å². The lowest BCUT2D eigenvalue weighted by Crippen LogP contribution is -2.59. The zero-order chi connectivity index (χ0) is 21.1. The molecule has 0 spiro atoms. The standard InChI is InChI=1S/C24H26N2O4/c1-30-24(29)21-12-6-10-19-9-4-5-11-20(23(28)26(19)21)25-22(27)18-14-13-16-7-2-3-8-17(16)15-18/h2-5,7-8,13-15,19-21H,6,9-12H2,1H3,(H,25,27)/b5-4-/t19-,20-,21-/m0/s1. The van der Waals surface area contributed by atoms with E-state index in [1.807, 2.05) is 48.6 Å². The highest BCUT2D eigenvalue weighted by molar-refractivity contribution is 6.01. The molecule has 0 saturated carbocycles. The molecule has 3 atom stereocenters. The summed E-state index contributed by atoms with van der Waals surface area (Å²) in [7, 11) is 1.35. The molecule has 0 bridgehead atoms. The van der Waals surface area contributed by atoms with E-state index in [2.05, 4.69) is 5.32 Å². The van der Waals surface area contributed by atoms with E-state index in [-0.39, 0.29) is 17.9 Å². The minimum absolute atomic E-state index is 0.0491. The van der Waals surface area contributed by atoms with Crippen LogP contribution in [0.15, 0.2) is 54.6 Å². The molecule has 4 rings (SSSR count). The van der Waals surface area contributed by atoms with Crippen LogP contribution >= 0.6 is 0 Å². The number of fused-ring (bicyclic) bond motifs is 2. The van der Waals surface area contributed by atoms with Gasteiger partial charge >= 0.3 is 5.97 Å². The number of esters is 1.